The van der Waals surface area contributed by atoms with Crippen molar-refractivity contribution in [2.24, 2.45) is 0 Å². The first-order chi connectivity index (χ1) is 21.1. The minimum absolute atomic E-state index is 0.0147. The van der Waals surface area contributed by atoms with Gasteiger partial charge in [0, 0.05) is 36.1 Å². The minimum Gasteiger partial charge on any atom is -0.489 e. The summed E-state index contributed by atoms with van der Waals surface area (Å²) >= 11 is 0. The fourth-order valence-electron chi connectivity index (χ4n) is 6.20. The summed E-state index contributed by atoms with van der Waals surface area (Å²) in [5.74, 6) is 0.405. The van der Waals surface area contributed by atoms with Gasteiger partial charge < -0.3 is 23.8 Å². The lowest BCUT2D eigenvalue weighted by molar-refractivity contribution is -0.157. The normalized spacial score (nSPS) is 16.6. The second-order valence-electron chi connectivity index (χ2n) is 12.7. The number of amides is 2. The molecule has 8 nitrogen and oxygen atoms in total. The molecule has 1 fully saturated rings. The van der Waals surface area contributed by atoms with E-state index in [1.165, 1.54) is 0 Å². The van der Waals surface area contributed by atoms with Crippen molar-refractivity contribution in [3.63, 3.8) is 0 Å². The van der Waals surface area contributed by atoms with Crippen LogP contribution in [0.25, 0.3) is 10.9 Å². The zero-order valence-corrected chi connectivity index (χ0v) is 25.8. The van der Waals surface area contributed by atoms with E-state index >= 15 is 0 Å². The minimum atomic E-state index is -0.568. The fourth-order valence-corrected chi connectivity index (χ4v) is 6.20. The van der Waals surface area contributed by atoms with E-state index < -0.39 is 11.6 Å². The van der Waals surface area contributed by atoms with Crippen LogP contribution in [0.1, 0.15) is 66.9 Å². The quantitative estimate of drug-likeness (QED) is 0.244. The Balaban J connectivity index is 1.35. The molecule has 1 aromatic heterocycles. The first-order valence-electron chi connectivity index (χ1n) is 15.3. The van der Waals surface area contributed by atoms with Gasteiger partial charge in [-0.1, -0.05) is 49.4 Å². The van der Waals surface area contributed by atoms with Crippen LogP contribution in [0.3, 0.4) is 0 Å². The van der Waals surface area contributed by atoms with Gasteiger partial charge in [-0.25, -0.2) is 4.79 Å². The molecule has 1 saturated heterocycles. The third-order valence-corrected chi connectivity index (χ3v) is 8.27. The lowest BCUT2D eigenvalue weighted by Crippen LogP contribution is -2.61. The first kappa shape index (κ1) is 29.5. The Hall–Kier alpha value is -4.59. The van der Waals surface area contributed by atoms with Crippen molar-refractivity contribution in [3.05, 3.63) is 101 Å². The molecule has 3 aromatic carbocycles. The van der Waals surface area contributed by atoms with Gasteiger partial charge in [0.05, 0.1) is 18.7 Å². The predicted octanol–water partition coefficient (Wildman–Crippen LogP) is 5.73. The zero-order chi connectivity index (χ0) is 31.0. The molecule has 0 N–H and O–H groups in total. The van der Waals surface area contributed by atoms with Crippen molar-refractivity contribution in [3.8, 4) is 5.75 Å². The lowest BCUT2D eigenvalue weighted by Gasteiger charge is -2.43. The molecule has 228 valence electrons. The Morgan fingerprint density at radius 1 is 0.932 bits per heavy atom. The van der Waals surface area contributed by atoms with E-state index in [9.17, 15) is 14.4 Å². The van der Waals surface area contributed by atoms with Crippen LogP contribution in [-0.4, -0.2) is 56.9 Å². The van der Waals surface area contributed by atoms with E-state index in [1.54, 1.807) is 21.9 Å². The Morgan fingerprint density at radius 3 is 2.39 bits per heavy atom. The first-order valence-corrected chi connectivity index (χ1v) is 15.3. The molecule has 2 aliphatic heterocycles. The van der Waals surface area contributed by atoms with Gasteiger partial charge in [0.25, 0.3) is 0 Å². The van der Waals surface area contributed by atoms with Gasteiger partial charge in [-0.3, -0.25) is 9.59 Å². The largest absolute Gasteiger partial charge is 0.489 e. The van der Waals surface area contributed by atoms with E-state index in [4.69, 9.17) is 9.47 Å². The van der Waals surface area contributed by atoms with Gasteiger partial charge >= 0.3 is 5.97 Å². The lowest BCUT2D eigenvalue weighted by atomic mass is 9.93. The van der Waals surface area contributed by atoms with Crippen LogP contribution in [0.15, 0.2) is 72.8 Å². The number of aromatic nitrogens is 1. The van der Waals surface area contributed by atoms with E-state index in [2.05, 4.69) is 16.7 Å². The number of hydrogen-bond donors (Lipinski definition) is 0. The van der Waals surface area contributed by atoms with Crippen molar-refractivity contribution in [1.82, 2.24) is 14.4 Å². The van der Waals surface area contributed by atoms with Crippen LogP contribution in [0.2, 0.25) is 0 Å². The van der Waals surface area contributed by atoms with Crippen molar-refractivity contribution in [1.29, 1.82) is 0 Å². The Morgan fingerprint density at radius 2 is 1.68 bits per heavy atom. The van der Waals surface area contributed by atoms with Gasteiger partial charge in [-0.05, 0) is 74.2 Å². The number of benzene rings is 3. The van der Waals surface area contributed by atoms with Gasteiger partial charge in [0.15, 0.2) is 0 Å². The number of hydrogen-bond acceptors (Lipinski definition) is 5. The molecule has 0 radical (unpaired) electrons. The maximum atomic E-state index is 13.5. The van der Waals surface area contributed by atoms with E-state index in [1.807, 2.05) is 76.2 Å². The highest BCUT2D eigenvalue weighted by Gasteiger charge is 2.43. The molecular weight excluding hydrogens is 554 g/mol. The SMILES string of the molecule is CCCN1CC(=O)N2Cc3c(c4cc(OCc5ccccc5)ccc4n3Cc3ccc(C(=O)OC(C)(C)C)cc3)CC2C1=O. The molecule has 1 atom stereocenters. The molecule has 0 saturated carbocycles. The maximum absolute atomic E-state index is 13.5. The third-order valence-electron chi connectivity index (χ3n) is 8.27. The molecule has 0 spiro atoms. The zero-order valence-electron chi connectivity index (χ0n) is 25.8. The van der Waals surface area contributed by atoms with Gasteiger partial charge in [0.2, 0.25) is 11.8 Å². The summed E-state index contributed by atoms with van der Waals surface area (Å²) in [7, 11) is 0. The molecule has 0 aliphatic carbocycles. The molecule has 2 aliphatic rings. The number of nitrogens with zero attached hydrogens (tertiary/aromatic N) is 3. The van der Waals surface area contributed by atoms with Crippen molar-refractivity contribution in [2.75, 3.05) is 13.1 Å². The summed E-state index contributed by atoms with van der Waals surface area (Å²) in [4.78, 5) is 42.8. The molecule has 8 heteroatoms. The Bertz CT molecular complexity index is 1700. The van der Waals surface area contributed by atoms with E-state index in [0.717, 1.165) is 45.5 Å². The highest BCUT2D eigenvalue weighted by atomic mass is 16.6. The number of fused-ring (bicyclic) bond motifs is 4. The number of esters is 1. The number of carbonyl (C=O) groups excluding carboxylic acids is 3. The van der Waals surface area contributed by atoms with Crippen LogP contribution in [0, 0.1) is 0 Å². The standard InChI is InChI=1S/C36H39N3O5/c1-5-17-37-22-33(40)39-21-32-29(19-31(39)34(37)41)28-18-27(43-23-25-9-7-6-8-10-25)15-16-30(28)38(32)20-24-11-13-26(14-12-24)35(42)44-36(2,3)4/h6-16,18,31H,5,17,19-23H2,1-4H3. The van der Waals surface area contributed by atoms with Crippen molar-refractivity contribution in [2.45, 2.75) is 71.9 Å². The average molecular weight is 594 g/mol. The van der Waals surface area contributed by atoms with E-state index in [-0.39, 0.29) is 24.3 Å². The Labute approximate surface area is 258 Å². The summed E-state index contributed by atoms with van der Waals surface area (Å²) in [5, 5.41) is 1.03. The second kappa shape index (κ2) is 11.8. The molecule has 0 bridgehead atoms. The van der Waals surface area contributed by atoms with Crippen LogP contribution < -0.4 is 4.74 Å². The molecule has 44 heavy (non-hydrogen) atoms. The summed E-state index contributed by atoms with van der Waals surface area (Å²) < 4.78 is 14.0. The summed E-state index contributed by atoms with van der Waals surface area (Å²) in [6.45, 7) is 9.66. The van der Waals surface area contributed by atoms with Gasteiger partial charge in [-0.2, -0.15) is 0 Å². The molecule has 6 rings (SSSR count). The number of piperazine rings is 1. The van der Waals surface area contributed by atoms with Crippen molar-refractivity contribution >= 4 is 28.7 Å². The molecular formula is C36H39N3O5. The van der Waals surface area contributed by atoms with Gasteiger partial charge in [-0.15, -0.1) is 0 Å². The highest BCUT2D eigenvalue weighted by Crippen LogP contribution is 2.37. The number of ether oxygens (including phenoxy) is 2. The summed E-state index contributed by atoms with van der Waals surface area (Å²) in [6.07, 6.45) is 1.27. The average Bonchev–Trinajstić information content (AvgIpc) is 3.29. The second-order valence-corrected chi connectivity index (χ2v) is 12.7. The highest BCUT2D eigenvalue weighted by molar-refractivity contribution is 5.97. The third kappa shape index (κ3) is 5.94. The smallest absolute Gasteiger partial charge is 0.338 e. The summed E-state index contributed by atoms with van der Waals surface area (Å²) in [6, 6.07) is 23.1. The summed E-state index contributed by atoms with van der Waals surface area (Å²) in [5.41, 5.74) is 5.15. The van der Waals surface area contributed by atoms with Crippen LogP contribution in [0.4, 0.5) is 0 Å². The van der Waals surface area contributed by atoms with Crippen LogP contribution in [-0.2, 0) is 40.4 Å². The molecule has 2 amide bonds. The maximum Gasteiger partial charge on any atom is 0.338 e. The van der Waals surface area contributed by atoms with E-state index in [0.29, 0.717) is 38.2 Å². The number of carbonyl (C=O) groups is 3. The molecule has 3 heterocycles. The predicted molar refractivity (Wildman–Crippen MR) is 168 cm³/mol. The van der Waals surface area contributed by atoms with Crippen molar-refractivity contribution < 1.29 is 23.9 Å². The Kier molecular flexibility index (Phi) is 7.93. The monoisotopic (exact) mass is 593 g/mol. The van der Waals surface area contributed by atoms with Gasteiger partial charge in [0.1, 0.15) is 24.0 Å². The van der Waals surface area contributed by atoms with Crippen LogP contribution >= 0.6 is 0 Å². The molecule has 4 aromatic rings. The fraction of sp³-hybridized carbons (Fsp3) is 0.361. The molecule has 1 unspecified atom stereocenters. The number of rotatable bonds is 8. The topological polar surface area (TPSA) is 81.1 Å². The van der Waals surface area contributed by atoms with Crippen LogP contribution in [0.5, 0.6) is 5.75 Å².